The second-order valence-electron chi connectivity index (χ2n) is 8.59. The van der Waals surface area contributed by atoms with Crippen LogP contribution in [0.2, 0.25) is 0 Å². The predicted molar refractivity (Wildman–Crippen MR) is 95.0 cm³/mol. The van der Waals surface area contributed by atoms with Crippen molar-refractivity contribution in [3.05, 3.63) is 23.3 Å². The molecule has 0 fully saturated rings. The molecule has 1 unspecified atom stereocenters. The van der Waals surface area contributed by atoms with Crippen LogP contribution in [0, 0.1) is 5.41 Å². The first-order chi connectivity index (χ1) is 11.5. The molecule has 0 spiro atoms. The Morgan fingerprint density at radius 1 is 1.32 bits per heavy atom. The van der Waals surface area contributed by atoms with Gasteiger partial charge in [0.2, 0.25) is 5.91 Å². The molecule has 1 amide bonds. The molecular formula is C19H29N3O3. The Morgan fingerprint density at radius 2 is 2.00 bits per heavy atom. The van der Waals surface area contributed by atoms with Gasteiger partial charge in [-0.25, -0.2) is 9.97 Å². The van der Waals surface area contributed by atoms with E-state index in [2.05, 4.69) is 49.7 Å². The summed E-state index contributed by atoms with van der Waals surface area (Å²) in [5.41, 5.74) is 1.92. The molecule has 0 bridgehead atoms. The Kier molecular flexibility index (Phi) is 5.49. The number of carbonyl (C=O) groups is 2. The lowest BCUT2D eigenvalue weighted by Crippen LogP contribution is -2.37. The molecule has 25 heavy (non-hydrogen) atoms. The number of amides is 1. The van der Waals surface area contributed by atoms with Crippen LogP contribution < -0.4 is 5.32 Å². The lowest BCUT2D eigenvalue weighted by Gasteiger charge is -2.37. The first-order valence-electron chi connectivity index (χ1n) is 8.74. The van der Waals surface area contributed by atoms with E-state index >= 15 is 0 Å². The van der Waals surface area contributed by atoms with E-state index in [4.69, 9.17) is 4.98 Å². The molecule has 6 nitrogen and oxygen atoms in total. The average Bonchev–Trinajstić information content (AvgIpc) is 2.50. The number of nitrogens with one attached hydrogen (secondary N) is 1. The third kappa shape index (κ3) is 5.00. The number of hydrogen-bond acceptors (Lipinski definition) is 5. The van der Waals surface area contributed by atoms with Gasteiger partial charge in [-0.3, -0.25) is 9.59 Å². The van der Waals surface area contributed by atoms with Crippen LogP contribution in [0.15, 0.2) is 6.20 Å². The number of esters is 1. The standard InChI is InChI=1S/C19H29N3O3/c1-18(2,3)17-20-11-12-13(9-19(4,5)10-14(12)22-17)21-15(23)7-8-16(24)25-6/h11,13H,7-10H2,1-6H3,(H,21,23). The second-order valence-corrected chi connectivity index (χ2v) is 8.59. The Balaban J connectivity index is 2.20. The van der Waals surface area contributed by atoms with Crippen molar-refractivity contribution in [2.45, 2.75) is 71.8 Å². The number of methoxy groups -OCH3 is 1. The van der Waals surface area contributed by atoms with Gasteiger partial charge in [0.25, 0.3) is 0 Å². The molecule has 138 valence electrons. The zero-order valence-corrected chi connectivity index (χ0v) is 16.1. The van der Waals surface area contributed by atoms with Crippen molar-refractivity contribution in [2.75, 3.05) is 7.11 Å². The van der Waals surface area contributed by atoms with E-state index < -0.39 is 0 Å². The fourth-order valence-corrected chi connectivity index (χ4v) is 3.12. The van der Waals surface area contributed by atoms with E-state index in [9.17, 15) is 9.59 Å². The SMILES string of the molecule is COC(=O)CCC(=O)NC1CC(C)(C)Cc2nc(C(C)(C)C)ncc21. The maximum absolute atomic E-state index is 12.2. The van der Waals surface area contributed by atoms with Crippen LogP contribution in [-0.4, -0.2) is 29.0 Å². The minimum absolute atomic E-state index is 0.0385. The maximum atomic E-state index is 12.2. The Hall–Kier alpha value is -1.98. The highest BCUT2D eigenvalue weighted by Gasteiger charge is 2.35. The van der Waals surface area contributed by atoms with E-state index in [1.54, 1.807) is 0 Å². The van der Waals surface area contributed by atoms with Crippen LogP contribution >= 0.6 is 0 Å². The molecule has 1 aliphatic carbocycles. The molecule has 1 atom stereocenters. The molecule has 1 aromatic rings. The summed E-state index contributed by atoms with van der Waals surface area (Å²) < 4.78 is 4.59. The number of nitrogens with zero attached hydrogens (tertiary/aromatic N) is 2. The molecule has 0 radical (unpaired) electrons. The van der Waals surface area contributed by atoms with Crippen LogP contribution in [0.4, 0.5) is 0 Å². The van der Waals surface area contributed by atoms with Crippen molar-refractivity contribution >= 4 is 11.9 Å². The van der Waals surface area contributed by atoms with E-state index in [1.807, 2.05) is 6.20 Å². The van der Waals surface area contributed by atoms with Crippen LogP contribution in [-0.2, 0) is 26.2 Å². The fraction of sp³-hybridized carbons (Fsp3) is 0.684. The Labute approximate surface area is 149 Å². The fourth-order valence-electron chi connectivity index (χ4n) is 3.12. The van der Waals surface area contributed by atoms with E-state index in [0.717, 1.165) is 29.9 Å². The summed E-state index contributed by atoms with van der Waals surface area (Å²) in [7, 11) is 1.32. The van der Waals surface area contributed by atoms with Crippen molar-refractivity contribution in [1.82, 2.24) is 15.3 Å². The number of ether oxygens (including phenoxy) is 1. The van der Waals surface area contributed by atoms with Gasteiger partial charge in [0.15, 0.2) is 0 Å². The quantitative estimate of drug-likeness (QED) is 0.847. The number of carbonyl (C=O) groups excluding carboxylic acids is 2. The third-order valence-corrected chi connectivity index (χ3v) is 4.47. The topological polar surface area (TPSA) is 81.2 Å². The van der Waals surface area contributed by atoms with Crippen LogP contribution in [0.3, 0.4) is 0 Å². The highest BCUT2D eigenvalue weighted by molar-refractivity contribution is 5.81. The van der Waals surface area contributed by atoms with Gasteiger partial charge >= 0.3 is 5.97 Å². The predicted octanol–water partition coefficient (Wildman–Crippen LogP) is 2.86. The largest absolute Gasteiger partial charge is 0.469 e. The third-order valence-electron chi connectivity index (χ3n) is 4.47. The Bertz CT molecular complexity index is 662. The van der Waals surface area contributed by atoms with Gasteiger partial charge in [0.1, 0.15) is 5.82 Å². The molecule has 0 aliphatic heterocycles. The summed E-state index contributed by atoms with van der Waals surface area (Å²) in [5, 5.41) is 3.04. The molecule has 0 saturated carbocycles. The summed E-state index contributed by atoms with van der Waals surface area (Å²) in [6.45, 7) is 10.6. The van der Waals surface area contributed by atoms with Gasteiger partial charge in [0.05, 0.1) is 19.6 Å². The molecular weight excluding hydrogens is 318 g/mol. The minimum Gasteiger partial charge on any atom is -0.469 e. The van der Waals surface area contributed by atoms with E-state index in [-0.39, 0.29) is 41.6 Å². The zero-order chi connectivity index (χ0) is 18.8. The Morgan fingerprint density at radius 3 is 2.60 bits per heavy atom. The molecule has 6 heteroatoms. The zero-order valence-electron chi connectivity index (χ0n) is 16.1. The molecule has 0 aromatic carbocycles. The number of rotatable bonds is 4. The molecule has 0 saturated heterocycles. The van der Waals surface area contributed by atoms with Crippen molar-refractivity contribution < 1.29 is 14.3 Å². The van der Waals surface area contributed by atoms with Gasteiger partial charge in [-0.2, -0.15) is 0 Å². The summed E-state index contributed by atoms with van der Waals surface area (Å²) in [4.78, 5) is 32.7. The van der Waals surface area contributed by atoms with E-state index in [1.165, 1.54) is 7.11 Å². The lowest BCUT2D eigenvalue weighted by molar-refractivity contribution is -0.142. The van der Waals surface area contributed by atoms with Gasteiger partial charge in [-0.05, 0) is 18.3 Å². The van der Waals surface area contributed by atoms with Crippen LogP contribution in [0.1, 0.15) is 77.0 Å². The summed E-state index contributed by atoms with van der Waals surface area (Å²) >= 11 is 0. The number of aromatic nitrogens is 2. The van der Waals surface area contributed by atoms with Crippen molar-refractivity contribution in [1.29, 1.82) is 0 Å². The van der Waals surface area contributed by atoms with Crippen LogP contribution in [0.25, 0.3) is 0 Å². The van der Waals surface area contributed by atoms with Gasteiger partial charge in [-0.1, -0.05) is 34.6 Å². The lowest BCUT2D eigenvalue weighted by atomic mass is 9.74. The summed E-state index contributed by atoms with van der Waals surface area (Å²) in [6.07, 6.45) is 3.75. The monoisotopic (exact) mass is 347 g/mol. The maximum Gasteiger partial charge on any atom is 0.306 e. The van der Waals surface area contributed by atoms with Gasteiger partial charge in [0, 0.05) is 29.3 Å². The normalized spacial score (nSPS) is 19.0. The van der Waals surface area contributed by atoms with Crippen molar-refractivity contribution in [2.24, 2.45) is 5.41 Å². The molecule has 2 rings (SSSR count). The average molecular weight is 347 g/mol. The second kappa shape index (κ2) is 7.10. The number of hydrogen-bond donors (Lipinski definition) is 1. The number of fused-ring (bicyclic) bond motifs is 1. The first-order valence-corrected chi connectivity index (χ1v) is 8.74. The molecule has 1 heterocycles. The molecule has 1 aliphatic rings. The summed E-state index contributed by atoms with van der Waals surface area (Å²) in [6, 6.07) is -0.127. The van der Waals surface area contributed by atoms with Crippen LogP contribution in [0.5, 0.6) is 0 Å². The van der Waals surface area contributed by atoms with Gasteiger partial charge in [-0.15, -0.1) is 0 Å². The minimum atomic E-state index is -0.377. The van der Waals surface area contributed by atoms with E-state index in [0.29, 0.717) is 0 Å². The molecule has 1 aromatic heterocycles. The summed E-state index contributed by atoms with van der Waals surface area (Å²) in [5.74, 6) is 0.288. The first kappa shape index (κ1) is 19.3. The smallest absolute Gasteiger partial charge is 0.306 e. The molecule has 1 N–H and O–H groups in total. The van der Waals surface area contributed by atoms with Crippen molar-refractivity contribution in [3.63, 3.8) is 0 Å². The highest BCUT2D eigenvalue weighted by Crippen LogP contribution is 2.40. The van der Waals surface area contributed by atoms with Gasteiger partial charge < -0.3 is 10.1 Å². The van der Waals surface area contributed by atoms with Crippen molar-refractivity contribution in [3.8, 4) is 0 Å². The highest BCUT2D eigenvalue weighted by atomic mass is 16.5.